The fourth-order valence-electron chi connectivity index (χ4n) is 1.68. The molecule has 1 aromatic heterocycles. The van der Waals surface area contributed by atoms with E-state index in [1.165, 1.54) is 0 Å². The molecule has 3 N–H and O–H groups in total. The molecule has 1 aromatic rings. The summed E-state index contributed by atoms with van der Waals surface area (Å²) in [5.41, 5.74) is 5.97. The lowest BCUT2D eigenvalue weighted by Crippen LogP contribution is -2.31. The summed E-state index contributed by atoms with van der Waals surface area (Å²) in [5, 5.41) is 2.99. The normalized spacial score (nSPS) is 19.5. The predicted octanol–water partition coefficient (Wildman–Crippen LogP) is -0.247. The van der Waals surface area contributed by atoms with Gasteiger partial charge in [0, 0.05) is 19.8 Å². The van der Waals surface area contributed by atoms with Crippen LogP contribution < -0.4 is 11.1 Å². The molecule has 2 heterocycles. The summed E-state index contributed by atoms with van der Waals surface area (Å²) in [5.74, 6) is 0.429. The van der Waals surface area contributed by atoms with Crippen LogP contribution in [0.15, 0.2) is 12.3 Å². The molecule has 17 heavy (non-hydrogen) atoms. The first-order valence-corrected chi connectivity index (χ1v) is 5.63. The van der Waals surface area contributed by atoms with Gasteiger partial charge in [-0.15, -0.1) is 0 Å². The van der Waals surface area contributed by atoms with Crippen LogP contribution in [0.2, 0.25) is 0 Å². The quantitative estimate of drug-likeness (QED) is 0.721. The fourth-order valence-corrected chi connectivity index (χ4v) is 1.79. The van der Waals surface area contributed by atoms with Crippen molar-refractivity contribution in [3.8, 4) is 0 Å². The minimum Gasteiger partial charge on any atom is -0.388 e. The Labute approximate surface area is 104 Å². The highest BCUT2D eigenvalue weighted by molar-refractivity contribution is 7.80. The first-order valence-electron chi connectivity index (χ1n) is 5.22. The van der Waals surface area contributed by atoms with E-state index in [9.17, 15) is 4.79 Å². The third-order valence-corrected chi connectivity index (χ3v) is 2.85. The van der Waals surface area contributed by atoms with Crippen molar-refractivity contribution in [2.75, 3.05) is 18.9 Å². The van der Waals surface area contributed by atoms with Gasteiger partial charge < -0.3 is 16.0 Å². The van der Waals surface area contributed by atoms with Crippen molar-refractivity contribution >= 4 is 29.1 Å². The zero-order chi connectivity index (χ0) is 12.4. The predicted molar refractivity (Wildman–Crippen MR) is 67.6 cm³/mol. The number of nitrogens with two attached hydrogens (primary N) is 1. The minimum absolute atomic E-state index is 0.0503. The van der Waals surface area contributed by atoms with Crippen molar-refractivity contribution in [3.05, 3.63) is 18.0 Å². The number of thiocarbonyl (C=S) groups is 1. The minimum atomic E-state index is -0.262. The fraction of sp³-hybridized carbons (Fsp3) is 0.400. The number of hydrogen-bond donors (Lipinski definition) is 2. The van der Waals surface area contributed by atoms with Crippen molar-refractivity contribution < 1.29 is 4.79 Å². The number of likely N-dealkylation sites (tertiary alicyclic amines) is 1. The van der Waals surface area contributed by atoms with Crippen LogP contribution >= 0.6 is 12.2 Å². The number of nitrogens with zero attached hydrogens (tertiary/aromatic N) is 3. The first kappa shape index (κ1) is 11.7. The molecule has 1 saturated heterocycles. The number of rotatable bonds is 3. The van der Waals surface area contributed by atoms with Gasteiger partial charge in [-0.2, -0.15) is 0 Å². The van der Waals surface area contributed by atoms with Crippen molar-refractivity contribution in [2.24, 2.45) is 5.73 Å². The molecule has 1 aliphatic rings. The molecule has 1 unspecified atom stereocenters. The highest BCUT2D eigenvalue weighted by Crippen LogP contribution is 2.13. The van der Waals surface area contributed by atoms with Crippen LogP contribution in [0.4, 0.5) is 5.95 Å². The summed E-state index contributed by atoms with van der Waals surface area (Å²) < 4.78 is 0. The number of likely N-dealkylation sites (N-methyl/N-ethyl adjacent to an activating group) is 1. The second-order valence-electron chi connectivity index (χ2n) is 3.88. The van der Waals surface area contributed by atoms with E-state index < -0.39 is 0 Å². The van der Waals surface area contributed by atoms with Crippen molar-refractivity contribution in [3.63, 3.8) is 0 Å². The van der Waals surface area contributed by atoms with E-state index in [1.54, 1.807) is 24.2 Å². The molecule has 0 aliphatic carbocycles. The number of anilines is 1. The average molecular weight is 251 g/mol. The Balaban J connectivity index is 2.11. The SMILES string of the molecule is CN1CCC(Nc2nccc(C(N)=S)n2)C1=O. The van der Waals surface area contributed by atoms with Gasteiger partial charge in [0.05, 0.1) is 0 Å². The number of amides is 1. The number of hydrogen-bond acceptors (Lipinski definition) is 5. The zero-order valence-corrected chi connectivity index (χ0v) is 10.2. The summed E-state index contributed by atoms with van der Waals surface area (Å²) in [6.07, 6.45) is 2.31. The highest BCUT2D eigenvalue weighted by atomic mass is 32.1. The molecule has 1 fully saturated rings. The lowest BCUT2D eigenvalue weighted by molar-refractivity contribution is -0.127. The van der Waals surface area contributed by atoms with Crippen LogP contribution in [-0.2, 0) is 4.79 Å². The summed E-state index contributed by atoms with van der Waals surface area (Å²) in [6, 6.07) is 1.37. The van der Waals surface area contributed by atoms with Gasteiger partial charge in [0.1, 0.15) is 16.7 Å². The van der Waals surface area contributed by atoms with E-state index >= 15 is 0 Å². The topological polar surface area (TPSA) is 84.1 Å². The number of carbonyl (C=O) groups is 1. The maximum absolute atomic E-state index is 11.7. The van der Waals surface area contributed by atoms with E-state index in [0.717, 1.165) is 13.0 Å². The van der Waals surface area contributed by atoms with Gasteiger partial charge >= 0.3 is 0 Å². The van der Waals surface area contributed by atoms with Crippen molar-refractivity contribution in [1.82, 2.24) is 14.9 Å². The molecule has 1 aliphatic heterocycles. The standard InChI is InChI=1S/C10H13N5OS/c1-15-5-3-7(9(15)16)14-10-12-4-2-6(13-10)8(11)17/h2,4,7H,3,5H2,1H3,(H2,11,17)(H,12,13,14). The molecule has 1 amide bonds. The van der Waals surface area contributed by atoms with Gasteiger partial charge in [0.2, 0.25) is 11.9 Å². The van der Waals surface area contributed by atoms with E-state index in [0.29, 0.717) is 11.6 Å². The molecule has 1 atom stereocenters. The maximum atomic E-state index is 11.7. The lowest BCUT2D eigenvalue weighted by Gasteiger charge is -2.12. The second-order valence-corrected chi connectivity index (χ2v) is 4.31. The van der Waals surface area contributed by atoms with E-state index in [2.05, 4.69) is 15.3 Å². The van der Waals surface area contributed by atoms with E-state index in [1.807, 2.05) is 0 Å². The Kier molecular flexibility index (Phi) is 3.19. The Morgan fingerprint density at radius 2 is 2.47 bits per heavy atom. The molecule has 0 saturated carbocycles. The molecule has 0 aromatic carbocycles. The number of carbonyl (C=O) groups excluding carboxylic acids is 1. The van der Waals surface area contributed by atoms with Crippen molar-refractivity contribution in [1.29, 1.82) is 0 Å². The van der Waals surface area contributed by atoms with Crippen LogP contribution in [0.5, 0.6) is 0 Å². The molecule has 90 valence electrons. The molecule has 7 heteroatoms. The third kappa shape index (κ3) is 2.50. The van der Waals surface area contributed by atoms with E-state index in [-0.39, 0.29) is 16.9 Å². The molecule has 2 rings (SSSR count). The zero-order valence-electron chi connectivity index (χ0n) is 9.38. The molecule has 0 bridgehead atoms. The van der Waals surface area contributed by atoms with Crippen LogP contribution in [0.25, 0.3) is 0 Å². The van der Waals surface area contributed by atoms with Gasteiger partial charge in [-0.1, -0.05) is 12.2 Å². The first-order chi connectivity index (χ1) is 8.08. The van der Waals surface area contributed by atoms with Gasteiger partial charge in [-0.3, -0.25) is 4.79 Å². The molecular formula is C10H13N5OS. The van der Waals surface area contributed by atoms with Gasteiger partial charge in [0.25, 0.3) is 0 Å². The molecule has 6 nitrogen and oxygen atoms in total. The Bertz CT molecular complexity index is 464. The molecule has 0 radical (unpaired) electrons. The molecule has 0 spiro atoms. The Morgan fingerprint density at radius 1 is 1.71 bits per heavy atom. The highest BCUT2D eigenvalue weighted by Gasteiger charge is 2.29. The third-order valence-electron chi connectivity index (χ3n) is 2.64. The van der Waals surface area contributed by atoms with Crippen LogP contribution in [-0.4, -0.2) is 45.4 Å². The summed E-state index contributed by atoms with van der Waals surface area (Å²) in [4.78, 5) is 21.7. The largest absolute Gasteiger partial charge is 0.388 e. The Morgan fingerprint density at radius 3 is 3.06 bits per heavy atom. The summed E-state index contributed by atoms with van der Waals surface area (Å²) in [7, 11) is 1.77. The average Bonchev–Trinajstić information content (AvgIpc) is 2.61. The summed E-state index contributed by atoms with van der Waals surface area (Å²) >= 11 is 4.83. The summed E-state index contributed by atoms with van der Waals surface area (Å²) in [6.45, 7) is 0.742. The van der Waals surface area contributed by atoms with Gasteiger partial charge in [-0.25, -0.2) is 9.97 Å². The van der Waals surface area contributed by atoms with Crippen molar-refractivity contribution in [2.45, 2.75) is 12.5 Å². The van der Waals surface area contributed by atoms with Crippen LogP contribution in [0.3, 0.4) is 0 Å². The van der Waals surface area contributed by atoms with E-state index in [4.69, 9.17) is 18.0 Å². The number of nitrogens with one attached hydrogen (secondary N) is 1. The van der Waals surface area contributed by atoms with Crippen LogP contribution in [0, 0.1) is 0 Å². The smallest absolute Gasteiger partial charge is 0.244 e. The maximum Gasteiger partial charge on any atom is 0.244 e. The molecular weight excluding hydrogens is 238 g/mol. The Hall–Kier alpha value is -1.76. The van der Waals surface area contributed by atoms with Crippen LogP contribution in [0.1, 0.15) is 12.1 Å². The lowest BCUT2D eigenvalue weighted by atomic mass is 10.2. The van der Waals surface area contributed by atoms with Gasteiger partial charge in [-0.05, 0) is 12.5 Å². The monoisotopic (exact) mass is 251 g/mol. The number of aromatic nitrogens is 2. The second kappa shape index (κ2) is 4.62. The van der Waals surface area contributed by atoms with Gasteiger partial charge in [0.15, 0.2) is 0 Å².